The third kappa shape index (κ3) is 1.95. The van der Waals surface area contributed by atoms with Crippen LogP contribution in [-0.2, 0) is 19.3 Å². The molecule has 1 heterocycles. The first-order chi connectivity index (χ1) is 10.3. The first-order valence-corrected chi connectivity index (χ1v) is 8.11. The van der Waals surface area contributed by atoms with Gasteiger partial charge in [0.2, 0.25) is 0 Å². The quantitative estimate of drug-likeness (QED) is 0.916. The van der Waals surface area contributed by atoms with E-state index in [0.717, 1.165) is 12.8 Å². The van der Waals surface area contributed by atoms with Crippen LogP contribution in [0.4, 0.5) is 0 Å². The van der Waals surface area contributed by atoms with Crippen molar-refractivity contribution in [2.24, 2.45) is 0 Å². The molecule has 3 nitrogen and oxygen atoms in total. The van der Waals surface area contributed by atoms with Gasteiger partial charge in [-0.25, -0.2) is 4.98 Å². The van der Waals surface area contributed by atoms with E-state index in [-0.39, 0.29) is 0 Å². The molecule has 0 radical (unpaired) electrons. The average Bonchev–Trinajstić information content (AvgIpc) is 3.02. The molecule has 0 aliphatic heterocycles. The molecule has 21 heavy (non-hydrogen) atoms. The standard InChI is InChI=1S/C18H23N3/c1-12-20-15-9-5-6-10-16(15)21(12)17-11-13-7-3-4-8-14(13)18(17)19-2/h3-4,7-8,17-19H,5-6,9-11H2,1-2H3. The highest BCUT2D eigenvalue weighted by Crippen LogP contribution is 2.41. The maximum atomic E-state index is 4.86. The fraction of sp³-hybridized carbons (Fsp3) is 0.500. The fourth-order valence-electron chi connectivity index (χ4n) is 4.30. The minimum absolute atomic E-state index is 0.403. The number of likely N-dealkylation sites (N-methyl/N-ethyl adjacent to an activating group) is 1. The lowest BCUT2D eigenvalue weighted by Gasteiger charge is -2.26. The van der Waals surface area contributed by atoms with Crippen molar-refractivity contribution in [3.63, 3.8) is 0 Å². The molecule has 4 rings (SSSR count). The van der Waals surface area contributed by atoms with E-state index >= 15 is 0 Å². The van der Waals surface area contributed by atoms with Gasteiger partial charge in [0.15, 0.2) is 0 Å². The molecule has 0 saturated heterocycles. The number of rotatable bonds is 2. The Morgan fingerprint density at radius 3 is 2.86 bits per heavy atom. The molecule has 2 aromatic rings. The minimum atomic E-state index is 0.403. The largest absolute Gasteiger partial charge is 0.327 e. The molecule has 1 N–H and O–H groups in total. The number of hydrogen-bond acceptors (Lipinski definition) is 2. The van der Waals surface area contributed by atoms with Gasteiger partial charge in [0, 0.05) is 5.69 Å². The SMILES string of the molecule is CNC1c2ccccc2CC1n1c(C)nc2c1CCCC2. The highest BCUT2D eigenvalue weighted by Gasteiger charge is 2.35. The lowest BCUT2D eigenvalue weighted by Crippen LogP contribution is -2.26. The highest BCUT2D eigenvalue weighted by atomic mass is 15.2. The number of aromatic nitrogens is 2. The van der Waals surface area contributed by atoms with Crippen LogP contribution >= 0.6 is 0 Å². The molecule has 1 aromatic carbocycles. The van der Waals surface area contributed by atoms with Gasteiger partial charge in [0.05, 0.1) is 17.8 Å². The zero-order chi connectivity index (χ0) is 14.4. The van der Waals surface area contributed by atoms with Crippen molar-refractivity contribution < 1.29 is 0 Å². The van der Waals surface area contributed by atoms with Crippen LogP contribution in [-0.4, -0.2) is 16.6 Å². The van der Waals surface area contributed by atoms with Gasteiger partial charge in [-0.05, 0) is 57.2 Å². The summed E-state index contributed by atoms with van der Waals surface area (Å²) in [6.07, 6.45) is 6.07. The van der Waals surface area contributed by atoms with Crippen molar-refractivity contribution in [1.82, 2.24) is 14.9 Å². The number of benzene rings is 1. The number of nitrogens with one attached hydrogen (secondary N) is 1. The third-order valence-corrected chi connectivity index (χ3v) is 5.19. The van der Waals surface area contributed by atoms with Crippen molar-refractivity contribution in [1.29, 1.82) is 0 Å². The molecule has 2 unspecified atom stereocenters. The topological polar surface area (TPSA) is 29.9 Å². The Kier molecular flexibility index (Phi) is 3.11. The maximum Gasteiger partial charge on any atom is 0.106 e. The second-order valence-corrected chi connectivity index (χ2v) is 6.37. The van der Waals surface area contributed by atoms with Crippen LogP contribution in [0.3, 0.4) is 0 Å². The van der Waals surface area contributed by atoms with E-state index in [4.69, 9.17) is 4.98 Å². The fourth-order valence-corrected chi connectivity index (χ4v) is 4.30. The summed E-state index contributed by atoms with van der Waals surface area (Å²) < 4.78 is 2.54. The normalized spacial score (nSPS) is 23.9. The number of fused-ring (bicyclic) bond motifs is 2. The monoisotopic (exact) mass is 281 g/mol. The van der Waals surface area contributed by atoms with Gasteiger partial charge in [-0.3, -0.25) is 0 Å². The van der Waals surface area contributed by atoms with Crippen molar-refractivity contribution in [2.75, 3.05) is 7.05 Å². The summed E-state index contributed by atoms with van der Waals surface area (Å²) in [4.78, 5) is 4.86. The molecule has 0 saturated carbocycles. The molecule has 110 valence electrons. The zero-order valence-corrected chi connectivity index (χ0v) is 12.9. The molecule has 0 amide bonds. The number of aryl methyl sites for hydroxylation is 2. The van der Waals surface area contributed by atoms with Crippen LogP contribution in [0.5, 0.6) is 0 Å². The molecule has 2 atom stereocenters. The molecule has 1 aromatic heterocycles. The Bertz CT molecular complexity index is 671. The summed E-state index contributed by atoms with van der Waals surface area (Å²) in [6, 6.07) is 9.74. The van der Waals surface area contributed by atoms with Gasteiger partial charge in [-0.2, -0.15) is 0 Å². The van der Waals surface area contributed by atoms with Gasteiger partial charge in [0.1, 0.15) is 5.82 Å². The van der Waals surface area contributed by atoms with Crippen LogP contribution in [0.15, 0.2) is 24.3 Å². The van der Waals surface area contributed by atoms with Crippen molar-refractivity contribution in [2.45, 2.75) is 51.1 Å². The van der Waals surface area contributed by atoms with Crippen LogP contribution in [0.2, 0.25) is 0 Å². The summed E-state index contributed by atoms with van der Waals surface area (Å²) in [5, 5.41) is 3.54. The van der Waals surface area contributed by atoms with Gasteiger partial charge in [-0.15, -0.1) is 0 Å². The average molecular weight is 281 g/mol. The van der Waals surface area contributed by atoms with E-state index in [0.29, 0.717) is 12.1 Å². The lowest BCUT2D eigenvalue weighted by molar-refractivity contribution is 0.383. The van der Waals surface area contributed by atoms with Crippen LogP contribution in [0.25, 0.3) is 0 Å². The van der Waals surface area contributed by atoms with E-state index in [1.54, 1.807) is 0 Å². The summed E-state index contributed by atoms with van der Waals surface area (Å²) in [6.45, 7) is 2.17. The highest BCUT2D eigenvalue weighted by molar-refractivity contribution is 5.38. The Morgan fingerprint density at radius 1 is 1.19 bits per heavy atom. The van der Waals surface area contributed by atoms with E-state index < -0.39 is 0 Å². The van der Waals surface area contributed by atoms with Gasteiger partial charge < -0.3 is 9.88 Å². The van der Waals surface area contributed by atoms with E-state index in [1.165, 1.54) is 47.6 Å². The lowest BCUT2D eigenvalue weighted by atomic mass is 10.00. The van der Waals surface area contributed by atoms with Crippen LogP contribution in [0.1, 0.15) is 53.3 Å². The Labute approximate surface area is 126 Å². The van der Waals surface area contributed by atoms with Gasteiger partial charge >= 0.3 is 0 Å². The Hall–Kier alpha value is -1.61. The number of hydrogen-bond donors (Lipinski definition) is 1. The Balaban J connectivity index is 1.80. The van der Waals surface area contributed by atoms with Gasteiger partial charge in [0.25, 0.3) is 0 Å². The summed E-state index contributed by atoms with van der Waals surface area (Å²) in [5.74, 6) is 1.19. The van der Waals surface area contributed by atoms with Gasteiger partial charge in [-0.1, -0.05) is 24.3 Å². The molecule has 3 heteroatoms. The maximum absolute atomic E-state index is 4.86. The summed E-state index contributed by atoms with van der Waals surface area (Å²) >= 11 is 0. The molecular formula is C18H23N3. The minimum Gasteiger partial charge on any atom is -0.327 e. The summed E-state index contributed by atoms with van der Waals surface area (Å²) in [7, 11) is 2.08. The Morgan fingerprint density at radius 2 is 2.00 bits per heavy atom. The van der Waals surface area contributed by atoms with Crippen LogP contribution < -0.4 is 5.32 Å². The molecule has 0 bridgehead atoms. The van der Waals surface area contributed by atoms with Crippen LogP contribution in [0, 0.1) is 6.92 Å². The first kappa shape index (κ1) is 13.1. The second kappa shape index (κ2) is 4.99. The molecule has 0 spiro atoms. The van der Waals surface area contributed by atoms with Crippen molar-refractivity contribution in [3.8, 4) is 0 Å². The van der Waals surface area contributed by atoms with E-state index in [2.05, 4.69) is 48.1 Å². The zero-order valence-electron chi connectivity index (χ0n) is 12.9. The third-order valence-electron chi connectivity index (χ3n) is 5.19. The van der Waals surface area contributed by atoms with E-state index in [9.17, 15) is 0 Å². The van der Waals surface area contributed by atoms with Crippen molar-refractivity contribution >= 4 is 0 Å². The second-order valence-electron chi connectivity index (χ2n) is 6.37. The number of nitrogens with zero attached hydrogens (tertiary/aromatic N) is 2. The molecular weight excluding hydrogens is 258 g/mol. The van der Waals surface area contributed by atoms with E-state index in [1.807, 2.05) is 0 Å². The predicted octanol–water partition coefficient (Wildman–Crippen LogP) is 3.13. The van der Waals surface area contributed by atoms with Crippen molar-refractivity contribution in [3.05, 3.63) is 52.6 Å². The predicted molar refractivity (Wildman–Crippen MR) is 84.6 cm³/mol. The molecule has 2 aliphatic rings. The molecule has 2 aliphatic carbocycles. The molecule has 0 fully saturated rings. The number of imidazole rings is 1. The first-order valence-electron chi connectivity index (χ1n) is 8.11. The smallest absolute Gasteiger partial charge is 0.106 e. The summed E-state index contributed by atoms with van der Waals surface area (Å²) in [5.41, 5.74) is 5.79.